The van der Waals surface area contributed by atoms with Gasteiger partial charge in [0.15, 0.2) is 17.3 Å². The highest BCUT2D eigenvalue weighted by Crippen LogP contribution is 2.28. The third-order valence-electron chi connectivity index (χ3n) is 6.71. The normalized spacial score (nSPS) is 19.0. The average Bonchev–Trinajstić information content (AvgIpc) is 3.11. The highest BCUT2D eigenvalue weighted by Gasteiger charge is 2.27. The molecule has 0 radical (unpaired) electrons. The van der Waals surface area contributed by atoms with Crippen LogP contribution in [0.3, 0.4) is 0 Å². The molecule has 0 saturated carbocycles. The summed E-state index contributed by atoms with van der Waals surface area (Å²) in [6, 6.07) is 5.38. The van der Waals surface area contributed by atoms with E-state index in [1.807, 2.05) is 26.0 Å². The number of piperidine rings is 1. The summed E-state index contributed by atoms with van der Waals surface area (Å²) in [6.45, 7) is 9.65. The molecule has 0 aliphatic carbocycles. The van der Waals surface area contributed by atoms with Crippen LogP contribution in [0.2, 0.25) is 0 Å². The van der Waals surface area contributed by atoms with E-state index in [-0.39, 0.29) is 23.6 Å². The first kappa shape index (κ1) is 23.5. The molecule has 1 aromatic carbocycles. The minimum atomic E-state index is -0.171. The van der Waals surface area contributed by atoms with E-state index in [9.17, 15) is 9.90 Å². The van der Waals surface area contributed by atoms with E-state index in [1.165, 1.54) is 0 Å². The van der Waals surface area contributed by atoms with Gasteiger partial charge in [0.2, 0.25) is 5.91 Å². The summed E-state index contributed by atoms with van der Waals surface area (Å²) in [5.41, 5.74) is 1.10. The standard InChI is InChI=1S/C24H36N6O3/c1-4-33-21-15-18(5-6-20(21)31)16-29-12-9-22-26-27-23(30(22)14-13-29)17(2)25-24(32)19-7-10-28(3)11-8-19/h5-6,15,17,19,31H,4,7-14,16H2,1-3H3,(H,25,32)/t17-/m1/s1. The van der Waals surface area contributed by atoms with Crippen molar-refractivity contribution < 1.29 is 14.6 Å². The smallest absolute Gasteiger partial charge is 0.223 e. The number of phenolic OH excluding ortho intramolecular Hbond substituents is 1. The maximum atomic E-state index is 12.8. The van der Waals surface area contributed by atoms with E-state index < -0.39 is 0 Å². The lowest BCUT2D eigenvalue weighted by Crippen LogP contribution is -2.40. The van der Waals surface area contributed by atoms with Crippen molar-refractivity contribution in [2.75, 3.05) is 39.8 Å². The molecule has 1 fully saturated rings. The Hall–Kier alpha value is -2.65. The van der Waals surface area contributed by atoms with Gasteiger partial charge < -0.3 is 24.6 Å². The molecule has 2 N–H and O–H groups in total. The van der Waals surface area contributed by atoms with Gasteiger partial charge in [0.05, 0.1) is 12.6 Å². The number of rotatable bonds is 7. The number of ether oxygens (including phenoxy) is 1. The highest BCUT2D eigenvalue weighted by molar-refractivity contribution is 5.79. The summed E-state index contributed by atoms with van der Waals surface area (Å²) < 4.78 is 7.69. The molecule has 1 saturated heterocycles. The van der Waals surface area contributed by atoms with Crippen molar-refractivity contribution in [3.8, 4) is 11.5 Å². The number of carbonyl (C=O) groups is 1. The molecule has 3 heterocycles. The van der Waals surface area contributed by atoms with Crippen molar-refractivity contribution in [2.45, 2.75) is 52.2 Å². The van der Waals surface area contributed by atoms with Crippen LogP contribution in [-0.2, 0) is 24.3 Å². The Morgan fingerprint density at radius 3 is 2.76 bits per heavy atom. The fourth-order valence-electron chi connectivity index (χ4n) is 4.72. The van der Waals surface area contributed by atoms with E-state index in [2.05, 4.69) is 36.9 Å². The third kappa shape index (κ3) is 5.65. The number of nitrogens with one attached hydrogen (secondary N) is 1. The summed E-state index contributed by atoms with van der Waals surface area (Å²) in [5, 5.41) is 22.0. The zero-order valence-electron chi connectivity index (χ0n) is 20.0. The van der Waals surface area contributed by atoms with Gasteiger partial charge in [-0.25, -0.2) is 0 Å². The first-order valence-electron chi connectivity index (χ1n) is 12.0. The van der Waals surface area contributed by atoms with Gasteiger partial charge in [0.25, 0.3) is 0 Å². The lowest BCUT2D eigenvalue weighted by molar-refractivity contribution is -0.127. The van der Waals surface area contributed by atoms with Crippen molar-refractivity contribution in [1.82, 2.24) is 29.9 Å². The minimum absolute atomic E-state index is 0.0811. The van der Waals surface area contributed by atoms with Crippen LogP contribution < -0.4 is 10.1 Å². The number of aromatic nitrogens is 3. The predicted molar refractivity (Wildman–Crippen MR) is 125 cm³/mol. The van der Waals surface area contributed by atoms with Crippen LogP contribution in [0.4, 0.5) is 0 Å². The third-order valence-corrected chi connectivity index (χ3v) is 6.71. The van der Waals surface area contributed by atoms with Crippen LogP contribution in [0.5, 0.6) is 11.5 Å². The van der Waals surface area contributed by atoms with Crippen molar-refractivity contribution in [3.63, 3.8) is 0 Å². The molecule has 1 atom stereocenters. The number of hydrogen-bond donors (Lipinski definition) is 2. The number of nitrogens with zero attached hydrogens (tertiary/aromatic N) is 5. The second kappa shape index (κ2) is 10.5. The van der Waals surface area contributed by atoms with Crippen molar-refractivity contribution in [2.24, 2.45) is 5.92 Å². The number of carbonyl (C=O) groups excluding carboxylic acids is 1. The van der Waals surface area contributed by atoms with Crippen LogP contribution in [0.25, 0.3) is 0 Å². The number of likely N-dealkylation sites (tertiary alicyclic amines) is 1. The summed E-state index contributed by atoms with van der Waals surface area (Å²) >= 11 is 0. The predicted octanol–water partition coefficient (Wildman–Crippen LogP) is 1.96. The molecule has 0 unspecified atom stereocenters. The van der Waals surface area contributed by atoms with Gasteiger partial charge in [-0.15, -0.1) is 10.2 Å². The molecule has 0 spiro atoms. The molecule has 2 aliphatic rings. The minimum Gasteiger partial charge on any atom is -0.504 e. The van der Waals surface area contributed by atoms with Gasteiger partial charge in [-0.2, -0.15) is 0 Å². The Labute approximate surface area is 195 Å². The molecule has 2 aromatic rings. The molecule has 1 aromatic heterocycles. The van der Waals surface area contributed by atoms with E-state index in [4.69, 9.17) is 4.74 Å². The Bertz CT molecular complexity index is 954. The summed E-state index contributed by atoms with van der Waals surface area (Å²) in [4.78, 5) is 17.4. The van der Waals surface area contributed by atoms with Crippen LogP contribution in [-0.4, -0.2) is 75.4 Å². The highest BCUT2D eigenvalue weighted by atomic mass is 16.5. The van der Waals surface area contributed by atoms with Crippen molar-refractivity contribution in [3.05, 3.63) is 35.4 Å². The Kier molecular flexibility index (Phi) is 7.49. The lowest BCUT2D eigenvalue weighted by atomic mass is 9.96. The fourth-order valence-corrected chi connectivity index (χ4v) is 4.72. The van der Waals surface area contributed by atoms with E-state index >= 15 is 0 Å². The Balaban J connectivity index is 1.36. The van der Waals surface area contributed by atoms with E-state index in [0.29, 0.717) is 12.4 Å². The van der Waals surface area contributed by atoms with E-state index in [1.54, 1.807) is 6.07 Å². The van der Waals surface area contributed by atoms with Gasteiger partial charge in [0, 0.05) is 38.5 Å². The molecule has 2 aliphatic heterocycles. The molecule has 4 rings (SSSR count). The van der Waals surface area contributed by atoms with Crippen LogP contribution >= 0.6 is 0 Å². The van der Waals surface area contributed by atoms with Gasteiger partial charge in [-0.05, 0) is 64.5 Å². The maximum Gasteiger partial charge on any atom is 0.223 e. The molecule has 180 valence electrons. The zero-order valence-corrected chi connectivity index (χ0v) is 20.0. The summed E-state index contributed by atoms with van der Waals surface area (Å²) in [5.74, 6) is 2.70. The van der Waals surface area contributed by atoms with Gasteiger partial charge in [0.1, 0.15) is 5.82 Å². The molecular formula is C24H36N6O3. The first-order valence-corrected chi connectivity index (χ1v) is 12.0. The number of fused-ring (bicyclic) bond motifs is 1. The number of benzene rings is 1. The SMILES string of the molecule is CCOc1cc(CN2CCc3nnc([C@@H](C)NC(=O)C4CCN(C)CC4)n3CC2)ccc1O. The topological polar surface area (TPSA) is 95.7 Å². The molecule has 9 heteroatoms. The van der Waals surface area contributed by atoms with Gasteiger partial charge >= 0.3 is 0 Å². The van der Waals surface area contributed by atoms with Crippen LogP contribution in [0.15, 0.2) is 18.2 Å². The van der Waals surface area contributed by atoms with Crippen molar-refractivity contribution >= 4 is 5.91 Å². The van der Waals surface area contributed by atoms with Crippen LogP contribution in [0, 0.1) is 5.92 Å². The fraction of sp³-hybridized carbons (Fsp3) is 0.625. The number of amides is 1. The van der Waals surface area contributed by atoms with Gasteiger partial charge in [-0.1, -0.05) is 6.07 Å². The summed E-state index contributed by atoms with van der Waals surface area (Å²) in [7, 11) is 2.10. The second-order valence-electron chi connectivity index (χ2n) is 9.20. The number of phenols is 1. The monoisotopic (exact) mass is 456 g/mol. The quantitative estimate of drug-likeness (QED) is 0.658. The summed E-state index contributed by atoms with van der Waals surface area (Å²) in [6.07, 6.45) is 2.62. The molecule has 0 bridgehead atoms. The molecule has 1 amide bonds. The number of hydrogen-bond acceptors (Lipinski definition) is 7. The largest absolute Gasteiger partial charge is 0.504 e. The van der Waals surface area contributed by atoms with Gasteiger partial charge in [-0.3, -0.25) is 9.69 Å². The number of aromatic hydroxyl groups is 1. The Morgan fingerprint density at radius 2 is 2.00 bits per heavy atom. The molecule has 33 heavy (non-hydrogen) atoms. The lowest BCUT2D eigenvalue weighted by Gasteiger charge is -2.29. The average molecular weight is 457 g/mol. The molecular weight excluding hydrogens is 420 g/mol. The Morgan fingerprint density at radius 1 is 1.21 bits per heavy atom. The molecule has 9 nitrogen and oxygen atoms in total. The second-order valence-corrected chi connectivity index (χ2v) is 9.20. The van der Waals surface area contributed by atoms with Crippen molar-refractivity contribution in [1.29, 1.82) is 0 Å². The maximum absolute atomic E-state index is 12.8. The first-order chi connectivity index (χ1) is 15.9. The van der Waals surface area contributed by atoms with Crippen LogP contribution in [0.1, 0.15) is 49.9 Å². The van der Waals surface area contributed by atoms with E-state index in [0.717, 1.165) is 75.7 Å². The zero-order chi connectivity index (χ0) is 23.4.